The maximum Gasteiger partial charge on any atom is 0.137 e. The molecule has 1 nitrogen and oxygen atoms in total. The standard InChI is InChI=1S/C12H15BrFN/c1-8-5-11(14)10(13)6-9(8)12(7-15)3-2-4-12/h5-6H,2-4,7,15H2,1H3. The molecule has 1 aromatic carbocycles. The van der Waals surface area contributed by atoms with Gasteiger partial charge in [0, 0.05) is 12.0 Å². The highest BCUT2D eigenvalue weighted by atomic mass is 79.9. The quantitative estimate of drug-likeness (QED) is 0.878. The molecule has 0 aliphatic heterocycles. The fraction of sp³-hybridized carbons (Fsp3) is 0.500. The van der Waals surface area contributed by atoms with E-state index in [-0.39, 0.29) is 11.2 Å². The Labute approximate surface area is 98.0 Å². The molecule has 1 saturated carbocycles. The second kappa shape index (κ2) is 3.87. The van der Waals surface area contributed by atoms with Crippen molar-refractivity contribution in [2.24, 2.45) is 5.73 Å². The minimum absolute atomic E-state index is 0.111. The number of rotatable bonds is 2. The molecular formula is C12H15BrFN. The number of hydrogen-bond donors (Lipinski definition) is 1. The first-order chi connectivity index (χ1) is 7.09. The molecule has 1 aromatic rings. The molecule has 0 radical (unpaired) electrons. The molecule has 0 bridgehead atoms. The Balaban J connectivity index is 2.47. The van der Waals surface area contributed by atoms with Gasteiger partial charge in [0.05, 0.1) is 4.47 Å². The molecule has 2 rings (SSSR count). The van der Waals surface area contributed by atoms with Crippen LogP contribution in [0.5, 0.6) is 0 Å². The van der Waals surface area contributed by atoms with Crippen molar-refractivity contribution in [3.05, 3.63) is 33.5 Å². The summed E-state index contributed by atoms with van der Waals surface area (Å²) in [7, 11) is 0. The van der Waals surface area contributed by atoms with Crippen LogP contribution in [0.15, 0.2) is 16.6 Å². The molecular weight excluding hydrogens is 257 g/mol. The third-order valence-corrected chi connectivity index (χ3v) is 4.15. The van der Waals surface area contributed by atoms with Crippen molar-refractivity contribution in [1.82, 2.24) is 0 Å². The average Bonchev–Trinajstić information content (AvgIpc) is 2.12. The normalized spacial score (nSPS) is 18.7. The summed E-state index contributed by atoms with van der Waals surface area (Å²) in [4.78, 5) is 0. The first kappa shape index (κ1) is 11.1. The molecule has 82 valence electrons. The van der Waals surface area contributed by atoms with Crippen LogP contribution in [-0.4, -0.2) is 6.54 Å². The summed E-state index contributed by atoms with van der Waals surface area (Å²) in [5.41, 5.74) is 8.19. The van der Waals surface area contributed by atoms with Gasteiger partial charge in [-0.2, -0.15) is 0 Å². The van der Waals surface area contributed by atoms with Crippen molar-refractivity contribution in [3.63, 3.8) is 0 Å². The molecule has 15 heavy (non-hydrogen) atoms. The van der Waals surface area contributed by atoms with Crippen LogP contribution in [0.1, 0.15) is 30.4 Å². The second-order valence-electron chi connectivity index (χ2n) is 4.42. The number of nitrogens with two attached hydrogens (primary N) is 1. The third kappa shape index (κ3) is 1.72. The van der Waals surface area contributed by atoms with E-state index >= 15 is 0 Å². The maximum absolute atomic E-state index is 13.3. The van der Waals surface area contributed by atoms with E-state index in [9.17, 15) is 4.39 Å². The largest absolute Gasteiger partial charge is 0.330 e. The zero-order valence-corrected chi connectivity index (χ0v) is 10.4. The summed E-state index contributed by atoms with van der Waals surface area (Å²) < 4.78 is 13.8. The van der Waals surface area contributed by atoms with Gasteiger partial charge in [0.1, 0.15) is 5.82 Å². The highest BCUT2D eigenvalue weighted by Crippen LogP contribution is 2.45. The van der Waals surface area contributed by atoms with Gasteiger partial charge >= 0.3 is 0 Å². The van der Waals surface area contributed by atoms with Crippen molar-refractivity contribution >= 4 is 15.9 Å². The zero-order chi connectivity index (χ0) is 11.1. The summed E-state index contributed by atoms with van der Waals surface area (Å²) in [5, 5.41) is 0. The van der Waals surface area contributed by atoms with E-state index in [0.29, 0.717) is 11.0 Å². The fourth-order valence-electron chi connectivity index (χ4n) is 2.40. The van der Waals surface area contributed by atoms with E-state index in [1.165, 1.54) is 12.0 Å². The molecule has 1 aliphatic carbocycles. The van der Waals surface area contributed by atoms with Gasteiger partial charge in [-0.1, -0.05) is 6.42 Å². The molecule has 2 N–H and O–H groups in total. The molecule has 0 amide bonds. The second-order valence-corrected chi connectivity index (χ2v) is 5.27. The van der Waals surface area contributed by atoms with Gasteiger partial charge < -0.3 is 5.73 Å². The third-order valence-electron chi connectivity index (χ3n) is 3.54. The molecule has 3 heteroatoms. The average molecular weight is 272 g/mol. The Morgan fingerprint density at radius 2 is 2.13 bits per heavy atom. The van der Waals surface area contributed by atoms with Crippen LogP contribution >= 0.6 is 15.9 Å². The van der Waals surface area contributed by atoms with Gasteiger partial charge in [0.25, 0.3) is 0 Å². The number of halogens is 2. The summed E-state index contributed by atoms with van der Waals surface area (Å²) >= 11 is 3.24. The van der Waals surface area contributed by atoms with Gasteiger partial charge in [-0.25, -0.2) is 4.39 Å². The fourth-order valence-corrected chi connectivity index (χ4v) is 2.75. The van der Waals surface area contributed by atoms with Crippen LogP contribution in [0.4, 0.5) is 4.39 Å². The van der Waals surface area contributed by atoms with Gasteiger partial charge in [0.2, 0.25) is 0 Å². The molecule has 0 saturated heterocycles. The summed E-state index contributed by atoms with van der Waals surface area (Å²) in [6.07, 6.45) is 3.48. The van der Waals surface area contributed by atoms with Gasteiger partial charge in [0.15, 0.2) is 0 Å². The van der Waals surface area contributed by atoms with Crippen LogP contribution in [0, 0.1) is 12.7 Å². The van der Waals surface area contributed by atoms with Crippen LogP contribution in [0.2, 0.25) is 0 Å². The van der Waals surface area contributed by atoms with Gasteiger partial charge in [-0.05, 0) is 59.0 Å². The summed E-state index contributed by atoms with van der Waals surface area (Å²) in [6.45, 7) is 2.62. The van der Waals surface area contributed by atoms with Crippen molar-refractivity contribution in [2.75, 3.05) is 6.54 Å². The molecule has 0 spiro atoms. The molecule has 1 fully saturated rings. The van der Waals surface area contributed by atoms with Crippen molar-refractivity contribution in [3.8, 4) is 0 Å². The number of aryl methyl sites for hydroxylation is 1. The lowest BCUT2D eigenvalue weighted by Crippen LogP contribution is -2.42. The molecule has 1 aliphatic rings. The van der Waals surface area contributed by atoms with E-state index in [1.807, 2.05) is 13.0 Å². The zero-order valence-electron chi connectivity index (χ0n) is 8.82. The molecule has 0 unspecified atom stereocenters. The van der Waals surface area contributed by atoms with Crippen LogP contribution in [-0.2, 0) is 5.41 Å². The Morgan fingerprint density at radius 3 is 2.60 bits per heavy atom. The monoisotopic (exact) mass is 271 g/mol. The number of benzene rings is 1. The first-order valence-corrected chi connectivity index (χ1v) is 6.04. The highest BCUT2D eigenvalue weighted by molar-refractivity contribution is 9.10. The predicted molar refractivity (Wildman–Crippen MR) is 63.4 cm³/mol. The van der Waals surface area contributed by atoms with Crippen LogP contribution < -0.4 is 5.73 Å². The lowest BCUT2D eigenvalue weighted by Gasteiger charge is -2.42. The predicted octanol–water partition coefficient (Wildman–Crippen LogP) is 3.28. The minimum atomic E-state index is -0.192. The topological polar surface area (TPSA) is 26.0 Å². The minimum Gasteiger partial charge on any atom is -0.330 e. The Morgan fingerprint density at radius 1 is 1.47 bits per heavy atom. The SMILES string of the molecule is Cc1cc(F)c(Br)cc1C1(CN)CCC1. The molecule has 0 atom stereocenters. The highest BCUT2D eigenvalue weighted by Gasteiger charge is 2.38. The first-order valence-electron chi connectivity index (χ1n) is 5.25. The van der Waals surface area contributed by atoms with Crippen LogP contribution in [0.3, 0.4) is 0 Å². The smallest absolute Gasteiger partial charge is 0.137 e. The Hall–Kier alpha value is -0.410. The lowest BCUT2D eigenvalue weighted by molar-refractivity contribution is 0.251. The Kier molecular flexibility index (Phi) is 2.86. The van der Waals surface area contributed by atoms with Crippen LogP contribution in [0.25, 0.3) is 0 Å². The van der Waals surface area contributed by atoms with E-state index in [2.05, 4.69) is 15.9 Å². The van der Waals surface area contributed by atoms with Gasteiger partial charge in [-0.15, -0.1) is 0 Å². The maximum atomic E-state index is 13.3. The van der Waals surface area contributed by atoms with Crippen molar-refractivity contribution in [2.45, 2.75) is 31.6 Å². The van der Waals surface area contributed by atoms with Crippen molar-refractivity contribution < 1.29 is 4.39 Å². The van der Waals surface area contributed by atoms with E-state index in [4.69, 9.17) is 5.73 Å². The van der Waals surface area contributed by atoms with E-state index in [0.717, 1.165) is 18.4 Å². The van der Waals surface area contributed by atoms with E-state index in [1.54, 1.807) is 6.07 Å². The van der Waals surface area contributed by atoms with Gasteiger partial charge in [-0.3, -0.25) is 0 Å². The Bertz CT molecular complexity index is 380. The van der Waals surface area contributed by atoms with E-state index < -0.39 is 0 Å². The lowest BCUT2D eigenvalue weighted by atomic mass is 9.63. The number of hydrogen-bond acceptors (Lipinski definition) is 1. The molecule has 0 aromatic heterocycles. The summed E-state index contributed by atoms with van der Waals surface area (Å²) in [5.74, 6) is -0.192. The summed E-state index contributed by atoms with van der Waals surface area (Å²) in [6, 6.07) is 3.49. The van der Waals surface area contributed by atoms with Crippen molar-refractivity contribution in [1.29, 1.82) is 0 Å². The molecule has 0 heterocycles.